The van der Waals surface area contributed by atoms with Crippen LogP contribution in [-0.4, -0.2) is 22.5 Å². The molecule has 0 amide bonds. The van der Waals surface area contributed by atoms with E-state index in [-0.39, 0.29) is 11.1 Å². The Morgan fingerprint density at radius 3 is 2.68 bits per heavy atom. The van der Waals surface area contributed by atoms with Gasteiger partial charge in [0.25, 0.3) is 0 Å². The maximum Gasteiger partial charge on any atom is 0.387 e. The summed E-state index contributed by atoms with van der Waals surface area (Å²) in [6.07, 6.45) is 2.79. The molecule has 0 aliphatic rings. The average Bonchev–Trinajstić information content (AvgIpc) is 2.41. The molecule has 0 aliphatic carbocycles. The Hall–Kier alpha value is -2.50. The van der Waals surface area contributed by atoms with Gasteiger partial charge in [-0.05, 0) is 24.3 Å². The van der Waals surface area contributed by atoms with Crippen LogP contribution in [0.1, 0.15) is 15.9 Å². The molecule has 0 bridgehead atoms. The predicted molar refractivity (Wildman–Crippen MR) is 62.4 cm³/mol. The smallest absolute Gasteiger partial charge is 0.387 e. The monoisotopic (exact) mass is 265 g/mol. The molecule has 0 radical (unpaired) electrons. The predicted octanol–water partition coefficient (Wildman–Crippen LogP) is 2.62. The number of pyridine rings is 1. The number of para-hydroxylation sites is 1. The normalized spacial score (nSPS) is 10.5. The van der Waals surface area contributed by atoms with Gasteiger partial charge in [0.1, 0.15) is 0 Å². The van der Waals surface area contributed by atoms with Gasteiger partial charge >= 0.3 is 6.61 Å². The molecule has 2 aromatic rings. The van der Waals surface area contributed by atoms with Crippen LogP contribution in [-0.2, 0) is 0 Å². The number of benzene rings is 1. The number of halogens is 2. The highest BCUT2D eigenvalue weighted by Crippen LogP contribution is 2.32. The second kappa shape index (κ2) is 5.43. The van der Waals surface area contributed by atoms with Crippen molar-refractivity contribution < 1.29 is 23.4 Å². The van der Waals surface area contributed by atoms with Crippen LogP contribution in [0.15, 0.2) is 42.7 Å². The fourth-order valence-electron chi connectivity index (χ4n) is 1.57. The maximum atomic E-state index is 12.3. The van der Waals surface area contributed by atoms with Crippen LogP contribution in [0.3, 0.4) is 0 Å². The first-order valence-electron chi connectivity index (χ1n) is 5.31. The molecule has 0 atom stereocenters. The molecule has 0 spiro atoms. The number of carbonyl (C=O) groups excluding carboxylic acids is 1. The lowest BCUT2D eigenvalue weighted by atomic mass is 10.0. The first-order valence-corrected chi connectivity index (χ1v) is 5.31. The van der Waals surface area contributed by atoms with Crippen molar-refractivity contribution in [2.75, 3.05) is 0 Å². The van der Waals surface area contributed by atoms with E-state index in [0.29, 0.717) is 0 Å². The van der Waals surface area contributed by atoms with E-state index >= 15 is 0 Å². The molecule has 6 heteroatoms. The third-order valence-corrected chi connectivity index (χ3v) is 2.37. The summed E-state index contributed by atoms with van der Waals surface area (Å²) >= 11 is 0. The third-order valence-electron chi connectivity index (χ3n) is 2.37. The Labute approximate surface area is 107 Å². The molecular formula is C13H9F2NO3. The minimum atomic E-state index is -3.13. The number of nitrogens with zero attached hydrogens (tertiary/aromatic N) is 1. The number of alkyl halides is 2. The molecule has 0 saturated carbocycles. The highest BCUT2D eigenvalue weighted by Gasteiger charge is 2.20. The van der Waals surface area contributed by atoms with Gasteiger partial charge in [0.15, 0.2) is 17.3 Å². The van der Waals surface area contributed by atoms with Gasteiger partial charge in [-0.1, -0.05) is 6.07 Å². The first kappa shape index (κ1) is 12.9. The molecular weight excluding hydrogens is 256 g/mol. The van der Waals surface area contributed by atoms with Crippen LogP contribution in [0.4, 0.5) is 8.78 Å². The molecule has 1 aromatic carbocycles. The highest BCUT2D eigenvalue weighted by molar-refractivity contribution is 6.10. The second-order valence-electron chi connectivity index (χ2n) is 3.60. The summed E-state index contributed by atoms with van der Waals surface area (Å²) in [6.45, 7) is -3.13. The molecule has 0 fully saturated rings. The van der Waals surface area contributed by atoms with Gasteiger partial charge in [-0.25, -0.2) is 0 Å². The molecule has 98 valence electrons. The Kier molecular flexibility index (Phi) is 3.70. The zero-order valence-corrected chi connectivity index (χ0v) is 9.59. The van der Waals surface area contributed by atoms with Crippen LogP contribution < -0.4 is 4.74 Å². The zero-order chi connectivity index (χ0) is 13.8. The summed E-state index contributed by atoms with van der Waals surface area (Å²) in [5.41, 5.74) is 0.0699. The fourth-order valence-corrected chi connectivity index (χ4v) is 1.57. The molecule has 2 rings (SSSR count). The van der Waals surface area contributed by atoms with E-state index < -0.39 is 23.9 Å². The molecule has 0 unspecified atom stereocenters. The Morgan fingerprint density at radius 1 is 1.26 bits per heavy atom. The minimum Gasteiger partial charge on any atom is -0.504 e. The van der Waals surface area contributed by atoms with E-state index in [9.17, 15) is 18.7 Å². The van der Waals surface area contributed by atoms with E-state index in [1.807, 2.05) is 0 Å². The van der Waals surface area contributed by atoms with E-state index in [4.69, 9.17) is 0 Å². The number of aromatic nitrogens is 1. The molecule has 0 aliphatic heterocycles. The molecule has 1 aromatic heterocycles. The summed E-state index contributed by atoms with van der Waals surface area (Å²) in [4.78, 5) is 15.9. The maximum absolute atomic E-state index is 12.3. The van der Waals surface area contributed by atoms with Crippen LogP contribution >= 0.6 is 0 Å². The van der Waals surface area contributed by atoms with Crippen molar-refractivity contribution in [1.82, 2.24) is 4.98 Å². The van der Waals surface area contributed by atoms with E-state index in [1.165, 1.54) is 30.6 Å². The summed E-state index contributed by atoms with van der Waals surface area (Å²) in [5.74, 6) is -1.61. The molecule has 1 N–H and O–H groups in total. The van der Waals surface area contributed by atoms with Gasteiger partial charge in [-0.15, -0.1) is 0 Å². The zero-order valence-electron chi connectivity index (χ0n) is 9.59. The SMILES string of the molecule is O=C(c1cccnc1)c1cccc(O)c1OC(F)F. The van der Waals surface area contributed by atoms with Crippen LogP contribution in [0.2, 0.25) is 0 Å². The van der Waals surface area contributed by atoms with Gasteiger partial charge < -0.3 is 9.84 Å². The van der Waals surface area contributed by atoms with Gasteiger partial charge in [0.2, 0.25) is 0 Å². The second-order valence-corrected chi connectivity index (χ2v) is 3.60. The molecule has 4 nitrogen and oxygen atoms in total. The number of hydrogen-bond acceptors (Lipinski definition) is 4. The lowest BCUT2D eigenvalue weighted by Gasteiger charge is -2.11. The van der Waals surface area contributed by atoms with Crippen molar-refractivity contribution in [3.63, 3.8) is 0 Å². The topological polar surface area (TPSA) is 59.4 Å². The number of ether oxygens (including phenoxy) is 1. The van der Waals surface area contributed by atoms with Gasteiger partial charge in [0, 0.05) is 18.0 Å². The number of rotatable bonds is 4. The molecule has 19 heavy (non-hydrogen) atoms. The summed E-state index contributed by atoms with van der Waals surface area (Å²) in [6, 6.07) is 6.87. The average molecular weight is 265 g/mol. The van der Waals surface area contributed by atoms with Crippen LogP contribution in [0, 0.1) is 0 Å². The summed E-state index contributed by atoms with van der Waals surface area (Å²) in [5, 5.41) is 9.51. The largest absolute Gasteiger partial charge is 0.504 e. The van der Waals surface area contributed by atoms with E-state index in [2.05, 4.69) is 9.72 Å². The van der Waals surface area contributed by atoms with Crippen LogP contribution in [0.5, 0.6) is 11.5 Å². The quantitative estimate of drug-likeness (QED) is 0.863. The van der Waals surface area contributed by atoms with Crippen LogP contribution in [0.25, 0.3) is 0 Å². The number of hydrogen-bond donors (Lipinski definition) is 1. The van der Waals surface area contributed by atoms with Crippen molar-refractivity contribution in [2.24, 2.45) is 0 Å². The highest BCUT2D eigenvalue weighted by atomic mass is 19.3. The van der Waals surface area contributed by atoms with Crippen molar-refractivity contribution in [1.29, 1.82) is 0 Å². The van der Waals surface area contributed by atoms with Gasteiger partial charge in [-0.2, -0.15) is 8.78 Å². The van der Waals surface area contributed by atoms with E-state index in [0.717, 1.165) is 6.07 Å². The van der Waals surface area contributed by atoms with Gasteiger partial charge in [-0.3, -0.25) is 9.78 Å². The van der Waals surface area contributed by atoms with Crippen molar-refractivity contribution in [3.8, 4) is 11.5 Å². The number of ketones is 1. The Balaban J connectivity index is 2.45. The minimum absolute atomic E-state index is 0.145. The number of phenols is 1. The lowest BCUT2D eigenvalue weighted by Crippen LogP contribution is -2.09. The molecule has 1 heterocycles. The third kappa shape index (κ3) is 2.85. The fraction of sp³-hybridized carbons (Fsp3) is 0.0769. The standard InChI is InChI=1S/C13H9F2NO3/c14-13(15)19-12-9(4-1-5-10(12)17)11(18)8-3-2-6-16-7-8/h1-7,13,17H. The first-order chi connectivity index (χ1) is 9.09. The van der Waals surface area contributed by atoms with Gasteiger partial charge in [0.05, 0.1) is 5.56 Å². The van der Waals surface area contributed by atoms with Crippen molar-refractivity contribution in [3.05, 3.63) is 53.9 Å². The molecule has 0 saturated heterocycles. The number of aromatic hydroxyl groups is 1. The number of phenolic OH excluding ortho intramolecular Hbond substituents is 1. The summed E-state index contributed by atoms with van der Waals surface area (Å²) in [7, 11) is 0. The van der Waals surface area contributed by atoms with Crippen molar-refractivity contribution >= 4 is 5.78 Å². The Bertz CT molecular complexity index is 588. The van der Waals surface area contributed by atoms with Crippen molar-refractivity contribution in [2.45, 2.75) is 6.61 Å². The van der Waals surface area contributed by atoms with E-state index in [1.54, 1.807) is 6.07 Å². The Morgan fingerprint density at radius 2 is 2.05 bits per heavy atom. The number of carbonyl (C=O) groups is 1. The summed E-state index contributed by atoms with van der Waals surface area (Å²) < 4.78 is 28.8. The lowest BCUT2D eigenvalue weighted by molar-refractivity contribution is -0.0515.